The molecule has 1 aromatic carbocycles. The first-order valence-electron chi connectivity index (χ1n) is 5.05. The Kier molecular flexibility index (Phi) is 2.66. The summed E-state index contributed by atoms with van der Waals surface area (Å²) in [5.41, 5.74) is 1.90. The smallest absolute Gasteiger partial charge is 0.211 e. The second kappa shape index (κ2) is 4.31. The summed E-state index contributed by atoms with van der Waals surface area (Å²) in [5.74, 6) is 0. The van der Waals surface area contributed by atoms with E-state index in [4.69, 9.17) is 11.6 Å². The predicted molar refractivity (Wildman–Crippen MR) is 69.7 cm³/mol. The summed E-state index contributed by atoms with van der Waals surface area (Å²) < 4.78 is 1.65. The average molecular weight is 262 g/mol. The highest BCUT2D eigenvalue weighted by Crippen LogP contribution is 2.24. The second-order valence-corrected chi connectivity index (χ2v) is 4.71. The molecule has 0 unspecified atom stereocenters. The van der Waals surface area contributed by atoms with E-state index in [1.807, 2.05) is 41.8 Å². The van der Waals surface area contributed by atoms with E-state index in [9.17, 15) is 0 Å². The summed E-state index contributed by atoms with van der Waals surface area (Å²) in [7, 11) is 0. The minimum Gasteiger partial charge on any atom is -0.227 e. The summed E-state index contributed by atoms with van der Waals surface area (Å²) in [5, 5.41) is 7.70. The standard InChI is InChI=1S/C12H8ClN3S/c13-11-8-10(9-4-2-1-3-5-9)15-16(11)12-14-6-7-17-12/h1-8H. The van der Waals surface area contributed by atoms with Crippen molar-refractivity contribution in [3.8, 4) is 16.4 Å². The van der Waals surface area contributed by atoms with Gasteiger partial charge in [0.2, 0.25) is 5.13 Å². The van der Waals surface area contributed by atoms with Gasteiger partial charge in [0.25, 0.3) is 0 Å². The number of rotatable bonds is 2. The van der Waals surface area contributed by atoms with Crippen LogP contribution in [-0.4, -0.2) is 14.8 Å². The fourth-order valence-electron chi connectivity index (χ4n) is 1.56. The Labute approximate surface area is 107 Å². The lowest BCUT2D eigenvalue weighted by Crippen LogP contribution is -1.95. The first-order chi connectivity index (χ1) is 8.34. The van der Waals surface area contributed by atoms with Crippen molar-refractivity contribution in [1.29, 1.82) is 0 Å². The van der Waals surface area contributed by atoms with Crippen LogP contribution in [0.25, 0.3) is 16.4 Å². The normalized spacial score (nSPS) is 10.6. The van der Waals surface area contributed by atoms with Gasteiger partial charge in [0.05, 0.1) is 5.69 Å². The zero-order valence-corrected chi connectivity index (χ0v) is 10.3. The minimum atomic E-state index is 0.568. The molecule has 0 N–H and O–H groups in total. The second-order valence-electron chi connectivity index (χ2n) is 3.44. The lowest BCUT2D eigenvalue weighted by Gasteiger charge is -1.96. The molecule has 0 amide bonds. The van der Waals surface area contributed by atoms with Crippen molar-refractivity contribution in [2.75, 3.05) is 0 Å². The number of nitrogens with zero attached hydrogens (tertiary/aromatic N) is 3. The Morgan fingerprint density at radius 1 is 1.18 bits per heavy atom. The molecule has 0 aliphatic rings. The largest absolute Gasteiger partial charge is 0.227 e. The Hall–Kier alpha value is -1.65. The van der Waals surface area contributed by atoms with Gasteiger partial charge in [-0.3, -0.25) is 0 Å². The van der Waals surface area contributed by atoms with Crippen molar-refractivity contribution < 1.29 is 0 Å². The zero-order valence-electron chi connectivity index (χ0n) is 8.75. The van der Waals surface area contributed by atoms with Gasteiger partial charge in [-0.2, -0.15) is 9.78 Å². The van der Waals surface area contributed by atoms with E-state index in [2.05, 4.69) is 10.1 Å². The van der Waals surface area contributed by atoms with Crippen molar-refractivity contribution >= 4 is 22.9 Å². The molecule has 17 heavy (non-hydrogen) atoms. The molecule has 0 radical (unpaired) electrons. The SMILES string of the molecule is Clc1cc(-c2ccccc2)nn1-c1nccs1. The molecule has 3 nitrogen and oxygen atoms in total. The van der Waals surface area contributed by atoms with Crippen molar-refractivity contribution in [2.45, 2.75) is 0 Å². The van der Waals surface area contributed by atoms with Gasteiger partial charge in [-0.05, 0) is 0 Å². The van der Waals surface area contributed by atoms with Crippen LogP contribution in [-0.2, 0) is 0 Å². The molecule has 0 spiro atoms. The molecule has 0 fully saturated rings. The highest BCUT2D eigenvalue weighted by atomic mass is 35.5. The number of thiazole rings is 1. The number of aromatic nitrogens is 3. The maximum absolute atomic E-state index is 6.15. The maximum atomic E-state index is 6.15. The van der Waals surface area contributed by atoms with Gasteiger partial charge in [-0.25, -0.2) is 4.98 Å². The average Bonchev–Trinajstić information content (AvgIpc) is 2.99. The molecule has 0 aliphatic carbocycles. The number of hydrogen-bond acceptors (Lipinski definition) is 3. The monoisotopic (exact) mass is 261 g/mol. The summed E-state index contributed by atoms with van der Waals surface area (Å²) in [6.45, 7) is 0. The molecule has 5 heteroatoms. The van der Waals surface area contributed by atoms with Gasteiger partial charge in [0, 0.05) is 23.2 Å². The summed E-state index contributed by atoms with van der Waals surface area (Å²) in [6.07, 6.45) is 1.74. The van der Waals surface area contributed by atoms with Crippen molar-refractivity contribution in [2.24, 2.45) is 0 Å². The molecule has 3 rings (SSSR count). The zero-order chi connectivity index (χ0) is 11.7. The van der Waals surface area contributed by atoms with Gasteiger partial charge >= 0.3 is 0 Å². The van der Waals surface area contributed by atoms with E-state index >= 15 is 0 Å². The van der Waals surface area contributed by atoms with E-state index in [0.29, 0.717) is 5.15 Å². The predicted octanol–water partition coefficient (Wildman–Crippen LogP) is 3.65. The van der Waals surface area contributed by atoms with Gasteiger partial charge in [0.15, 0.2) is 0 Å². The number of halogens is 1. The maximum Gasteiger partial charge on any atom is 0.211 e. The third-order valence-electron chi connectivity index (χ3n) is 2.34. The molecular weight excluding hydrogens is 254 g/mol. The van der Waals surface area contributed by atoms with E-state index in [-0.39, 0.29) is 0 Å². The van der Waals surface area contributed by atoms with Gasteiger partial charge in [0.1, 0.15) is 5.15 Å². The summed E-state index contributed by atoms with van der Waals surface area (Å²) in [6, 6.07) is 11.8. The van der Waals surface area contributed by atoms with Gasteiger partial charge in [-0.15, -0.1) is 11.3 Å². The van der Waals surface area contributed by atoms with Crippen molar-refractivity contribution in [3.63, 3.8) is 0 Å². The van der Waals surface area contributed by atoms with Crippen LogP contribution < -0.4 is 0 Å². The van der Waals surface area contributed by atoms with E-state index < -0.39 is 0 Å². The Morgan fingerprint density at radius 3 is 2.71 bits per heavy atom. The van der Waals surface area contributed by atoms with E-state index in [1.54, 1.807) is 10.9 Å². The Bertz CT molecular complexity index is 617. The van der Waals surface area contributed by atoms with Crippen LogP contribution in [0.3, 0.4) is 0 Å². The van der Waals surface area contributed by atoms with Crippen LogP contribution in [0.5, 0.6) is 0 Å². The van der Waals surface area contributed by atoms with Gasteiger partial charge < -0.3 is 0 Å². The highest BCUT2D eigenvalue weighted by molar-refractivity contribution is 7.12. The summed E-state index contributed by atoms with van der Waals surface area (Å²) in [4.78, 5) is 4.19. The van der Waals surface area contributed by atoms with Crippen LogP contribution in [0.15, 0.2) is 48.0 Å². The topological polar surface area (TPSA) is 30.7 Å². The number of benzene rings is 1. The molecule has 0 bridgehead atoms. The van der Waals surface area contributed by atoms with Crippen LogP contribution >= 0.6 is 22.9 Å². The Morgan fingerprint density at radius 2 is 2.00 bits per heavy atom. The van der Waals surface area contributed by atoms with E-state index in [0.717, 1.165) is 16.4 Å². The van der Waals surface area contributed by atoms with E-state index in [1.165, 1.54) is 11.3 Å². The molecule has 0 saturated heterocycles. The molecule has 2 heterocycles. The molecular formula is C12H8ClN3S. The molecule has 0 aliphatic heterocycles. The van der Waals surface area contributed by atoms with Crippen LogP contribution in [0.4, 0.5) is 0 Å². The highest BCUT2D eigenvalue weighted by Gasteiger charge is 2.10. The summed E-state index contributed by atoms with van der Waals surface area (Å²) >= 11 is 7.66. The van der Waals surface area contributed by atoms with Gasteiger partial charge in [-0.1, -0.05) is 41.9 Å². The van der Waals surface area contributed by atoms with Crippen molar-refractivity contribution in [3.05, 3.63) is 53.1 Å². The molecule has 0 atom stereocenters. The molecule has 84 valence electrons. The lowest BCUT2D eigenvalue weighted by atomic mass is 10.2. The van der Waals surface area contributed by atoms with Crippen LogP contribution in [0, 0.1) is 0 Å². The lowest BCUT2D eigenvalue weighted by molar-refractivity contribution is 0.874. The quantitative estimate of drug-likeness (QED) is 0.705. The third kappa shape index (κ3) is 1.97. The number of hydrogen-bond donors (Lipinski definition) is 0. The fourth-order valence-corrected chi connectivity index (χ4v) is 2.44. The third-order valence-corrected chi connectivity index (χ3v) is 3.35. The van der Waals surface area contributed by atoms with Crippen LogP contribution in [0.1, 0.15) is 0 Å². The first-order valence-corrected chi connectivity index (χ1v) is 6.31. The minimum absolute atomic E-state index is 0.568. The van der Waals surface area contributed by atoms with Crippen molar-refractivity contribution in [1.82, 2.24) is 14.8 Å². The molecule has 0 saturated carbocycles. The molecule has 3 aromatic rings. The fraction of sp³-hybridized carbons (Fsp3) is 0. The first kappa shape index (κ1) is 10.5. The molecule has 2 aromatic heterocycles. The van der Waals surface area contributed by atoms with Crippen LogP contribution in [0.2, 0.25) is 5.15 Å². The Balaban J connectivity index is 2.08.